The first-order chi connectivity index (χ1) is 12.2. The van der Waals surface area contributed by atoms with Gasteiger partial charge in [0, 0.05) is 17.3 Å². The van der Waals surface area contributed by atoms with Crippen molar-refractivity contribution in [2.45, 2.75) is 44.2 Å². The molecule has 3 unspecified atom stereocenters. The second-order valence-electron chi connectivity index (χ2n) is 6.64. The highest BCUT2D eigenvalue weighted by molar-refractivity contribution is 5.99. The van der Waals surface area contributed by atoms with Crippen molar-refractivity contribution in [3.63, 3.8) is 0 Å². The minimum absolute atomic E-state index is 0.0643. The number of carbonyl (C=O) groups is 1. The molecule has 1 fully saturated rings. The Hall–Kier alpha value is -2.79. The maximum Gasteiger partial charge on any atom is 0.230 e. The van der Waals surface area contributed by atoms with Crippen LogP contribution in [0.1, 0.15) is 37.3 Å². The van der Waals surface area contributed by atoms with E-state index in [-0.39, 0.29) is 30.4 Å². The van der Waals surface area contributed by atoms with Gasteiger partial charge in [0.05, 0.1) is 42.9 Å². The van der Waals surface area contributed by atoms with Crippen molar-refractivity contribution in [3.05, 3.63) is 24.3 Å². The van der Waals surface area contributed by atoms with Gasteiger partial charge in [-0.2, -0.15) is 10.4 Å². The third-order valence-electron chi connectivity index (χ3n) is 5.05. The molecule has 4 rings (SSSR count). The normalized spacial score (nSPS) is 23.1. The van der Waals surface area contributed by atoms with E-state index in [0.717, 1.165) is 24.0 Å². The number of nitrogens with one attached hydrogen (secondary N) is 1. The van der Waals surface area contributed by atoms with Crippen LogP contribution in [0.2, 0.25) is 0 Å². The van der Waals surface area contributed by atoms with Crippen LogP contribution < -0.4 is 5.32 Å². The third-order valence-corrected chi connectivity index (χ3v) is 5.05. The maximum absolute atomic E-state index is 11.6. The third kappa shape index (κ3) is 2.87. The molecule has 25 heavy (non-hydrogen) atoms. The van der Waals surface area contributed by atoms with Crippen molar-refractivity contribution in [1.82, 2.24) is 19.7 Å². The Morgan fingerprint density at radius 3 is 3.08 bits per heavy atom. The van der Waals surface area contributed by atoms with Gasteiger partial charge in [-0.25, -0.2) is 9.97 Å². The van der Waals surface area contributed by atoms with Crippen molar-refractivity contribution in [2.24, 2.45) is 5.92 Å². The summed E-state index contributed by atoms with van der Waals surface area (Å²) in [6, 6.07) is 2.17. The number of fused-ring (bicyclic) bond motifs is 1. The van der Waals surface area contributed by atoms with Crippen molar-refractivity contribution >= 4 is 11.7 Å². The number of aliphatic hydroxyl groups is 1. The molecule has 1 amide bonds. The molecule has 3 heterocycles. The van der Waals surface area contributed by atoms with Gasteiger partial charge in [0.25, 0.3) is 0 Å². The van der Waals surface area contributed by atoms with Crippen LogP contribution in [0.25, 0.3) is 11.3 Å². The lowest BCUT2D eigenvalue weighted by molar-refractivity contribution is -0.115. The Balaban J connectivity index is 1.65. The van der Waals surface area contributed by atoms with Gasteiger partial charge >= 0.3 is 0 Å². The van der Waals surface area contributed by atoms with Crippen LogP contribution in [0.15, 0.2) is 18.7 Å². The molecule has 2 aromatic heterocycles. The number of amides is 1. The first-order valence-corrected chi connectivity index (χ1v) is 8.39. The molecular formula is C17H18N6O2. The summed E-state index contributed by atoms with van der Waals surface area (Å²) in [6.07, 6.45) is 7.69. The summed E-state index contributed by atoms with van der Waals surface area (Å²) < 4.78 is 1.81. The highest BCUT2D eigenvalue weighted by atomic mass is 16.3. The number of rotatable bonds is 4. The average Bonchev–Trinajstić information content (AvgIpc) is 3.30. The Morgan fingerprint density at radius 2 is 2.32 bits per heavy atom. The zero-order chi connectivity index (χ0) is 17.4. The largest absolute Gasteiger partial charge is 0.393 e. The number of nitrogens with zero attached hydrogens (tertiary/aromatic N) is 5. The lowest BCUT2D eigenvalue weighted by atomic mass is 9.96. The lowest BCUT2D eigenvalue weighted by Gasteiger charge is -2.21. The van der Waals surface area contributed by atoms with Crippen LogP contribution in [0.5, 0.6) is 0 Å². The van der Waals surface area contributed by atoms with Gasteiger partial charge in [0.2, 0.25) is 5.91 Å². The maximum atomic E-state index is 11.6. The monoisotopic (exact) mass is 338 g/mol. The van der Waals surface area contributed by atoms with Gasteiger partial charge in [-0.1, -0.05) is 0 Å². The summed E-state index contributed by atoms with van der Waals surface area (Å²) >= 11 is 0. The van der Waals surface area contributed by atoms with Crippen LogP contribution in [0, 0.1) is 17.2 Å². The number of nitriles is 1. The van der Waals surface area contributed by atoms with E-state index < -0.39 is 0 Å². The number of aromatic nitrogens is 4. The fourth-order valence-corrected chi connectivity index (χ4v) is 3.83. The minimum atomic E-state index is -0.288. The second-order valence-corrected chi connectivity index (χ2v) is 6.64. The van der Waals surface area contributed by atoms with Crippen molar-refractivity contribution in [2.75, 3.05) is 5.32 Å². The van der Waals surface area contributed by atoms with Crippen LogP contribution in [-0.2, 0) is 11.2 Å². The zero-order valence-corrected chi connectivity index (χ0v) is 13.6. The average molecular weight is 338 g/mol. The summed E-state index contributed by atoms with van der Waals surface area (Å²) in [5, 5.41) is 26.2. The molecule has 0 bridgehead atoms. The van der Waals surface area contributed by atoms with Crippen LogP contribution in [-0.4, -0.2) is 36.9 Å². The Morgan fingerprint density at radius 1 is 1.44 bits per heavy atom. The second kappa shape index (κ2) is 6.26. The van der Waals surface area contributed by atoms with Gasteiger partial charge in [-0.3, -0.25) is 9.48 Å². The SMILES string of the molecule is N#CCC(C1CCC(O)C1)n1cc(-c2ncnc3c2CC(=O)N3)cn1. The summed E-state index contributed by atoms with van der Waals surface area (Å²) in [5.41, 5.74) is 2.27. The fourth-order valence-electron chi connectivity index (χ4n) is 3.83. The topological polar surface area (TPSA) is 117 Å². The zero-order valence-electron chi connectivity index (χ0n) is 13.6. The summed E-state index contributed by atoms with van der Waals surface area (Å²) in [7, 11) is 0. The summed E-state index contributed by atoms with van der Waals surface area (Å²) in [6.45, 7) is 0. The predicted molar refractivity (Wildman–Crippen MR) is 88.2 cm³/mol. The van der Waals surface area contributed by atoms with Crippen LogP contribution in [0.4, 0.5) is 5.82 Å². The van der Waals surface area contributed by atoms with E-state index >= 15 is 0 Å². The molecule has 3 atom stereocenters. The fraction of sp³-hybridized carbons (Fsp3) is 0.471. The smallest absolute Gasteiger partial charge is 0.230 e. The van der Waals surface area contributed by atoms with Crippen LogP contribution in [0.3, 0.4) is 0 Å². The van der Waals surface area contributed by atoms with Crippen molar-refractivity contribution in [3.8, 4) is 17.3 Å². The molecule has 2 aromatic rings. The Labute approximate surface area is 144 Å². The quantitative estimate of drug-likeness (QED) is 0.871. The molecule has 2 aliphatic rings. The Kier molecular flexibility index (Phi) is 3.93. The predicted octanol–water partition coefficient (Wildman–Crippen LogP) is 1.45. The van der Waals surface area contributed by atoms with E-state index in [9.17, 15) is 15.2 Å². The number of hydrogen-bond acceptors (Lipinski definition) is 6. The molecular weight excluding hydrogens is 320 g/mol. The molecule has 128 valence electrons. The molecule has 0 radical (unpaired) electrons. The minimum Gasteiger partial charge on any atom is -0.393 e. The first kappa shape index (κ1) is 15.7. The number of anilines is 1. The van der Waals surface area contributed by atoms with Gasteiger partial charge in [-0.15, -0.1) is 0 Å². The van der Waals surface area contributed by atoms with Gasteiger partial charge in [0.15, 0.2) is 0 Å². The van der Waals surface area contributed by atoms with E-state index in [4.69, 9.17) is 0 Å². The standard InChI is InChI=1S/C17H18N6O2/c18-4-3-14(10-1-2-12(24)5-10)23-8-11(7-21-23)16-13-6-15(25)22-17(13)20-9-19-16/h7-10,12,14,24H,1-3,5-6H2,(H,19,20,22,25). The van der Waals surface area contributed by atoms with Gasteiger partial charge in [0.1, 0.15) is 12.1 Å². The molecule has 0 spiro atoms. The van der Waals surface area contributed by atoms with E-state index in [1.807, 2.05) is 6.20 Å². The molecule has 1 saturated carbocycles. The highest BCUT2D eigenvalue weighted by Gasteiger charge is 2.32. The van der Waals surface area contributed by atoms with Crippen molar-refractivity contribution < 1.29 is 9.90 Å². The molecule has 2 N–H and O–H groups in total. The molecule has 0 saturated heterocycles. The van der Waals surface area contributed by atoms with Gasteiger partial charge in [-0.05, 0) is 25.2 Å². The van der Waals surface area contributed by atoms with E-state index in [2.05, 4.69) is 26.5 Å². The van der Waals surface area contributed by atoms with E-state index in [0.29, 0.717) is 24.4 Å². The molecule has 8 heteroatoms. The lowest BCUT2D eigenvalue weighted by Crippen LogP contribution is -2.18. The molecule has 8 nitrogen and oxygen atoms in total. The molecule has 0 aromatic carbocycles. The van der Waals surface area contributed by atoms with E-state index in [1.54, 1.807) is 10.9 Å². The number of hydrogen-bond donors (Lipinski definition) is 2. The van der Waals surface area contributed by atoms with Crippen molar-refractivity contribution in [1.29, 1.82) is 5.26 Å². The highest BCUT2D eigenvalue weighted by Crippen LogP contribution is 2.37. The number of carbonyl (C=O) groups excluding carboxylic acids is 1. The molecule has 1 aliphatic carbocycles. The van der Waals surface area contributed by atoms with Gasteiger partial charge < -0.3 is 10.4 Å². The summed E-state index contributed by atoms with van der Waals surface area (Å²) in [4.78, 5) is 20.0. The first-order valence-electron chi connectivity index (χ1n) is 8.39. The number of aliphatic hydroxyl groups excluding tert-OH is 1. The molecule has 1 aliphatic heterocycles. The summed E-state index contributed by atoms with van der Waals surface area (Å²) in [5.74, 6) is 0.698. The Bertz CT molecular complexity index is 855. The van der Waals surface area contributed by atoms with Crippen LogP contribution >= 0.6 is 0 Å². The van der Waals surface area contributed by atoms with E-state index in [1.165, 1.54) is 6.33 Å².